The molecule has 1 heterocycles. The zero-order chi connectivity index (χ0) is 11.8. The van der Waals surface area contributed by atoms with Crippen LogP contribution in [-0.2, 0) is 4.79 Å². The molecule has 0 saturated carbocycles. The van der Waals surface area contributed by atoms with Gasteiger partial charge in [0.25, 0.3) is 0 Å². The van der Waals surface area contributed by atoms with Crippen molar-refractivity contribution >= 4 is 16.9 Å². The first-order chi connectivity index (χ1) is 7.72. The molecule has 16 heavy (non-hydrogen) atoms. The molecule has 0 spiro atoms. The summed E-state index contributed by atoms with van der Waals surface area (Å²) in [5.74, 6) is 6.94. The van der Waals surface area contributed by atoms with Gasteiger partial charge in [0.05, 0.1) is 12.4 Å². The molecule has 1 aromatic rings. The molecule has 0 N–H and O–H groups in total. The average molecular weight is 235 g/mol. The van der Waals surface area contributed by atoms with Crippen LogP contribution < -0.4 is 4.74 Å². The molecule has 0 bridgehead atoms. The third-order valence-electron chi connectivity index (χ3n) is 1.61. The number of ether oxygens (including phenoxy) is 1. The van der Waals surface area contributed by atoms with Gasteiger partial charge < -0.3 is 4.74 Å². The monoisotopic (exact) mass is 235 g/mol. The summed E-state index contributed by atoms with van der Waals surface area (Å²) < 4.78 is 5.21. The van der Waals surface area contributed by atoms with E-state index in [4.69, 9.17) is 4.74 Å². The Balaban J connectivity index is 2.51. The van der Waals surface area contributed by atoms with Crippen molar-refractivity contribution in [3.63, 3.8) is 0 Å². The molecule has 0 aromatic carbocycles. The first-order valence-corrected chi connectivity index (χ1v) is 5.92. The Morgan fingerprint density at radius 2 is 2.38 bits per heavy atom. The number of thioether (sulfide) groups is 1. The van der Waals surface area contributed by atoms with Crippen LogP contribution in [0.5, 0.6) is 5.88 Å². The summed E-state index contributed by atoms with van der Waals surface area (Å²) in [6, 6.07) is 3.63. The van der Waals surface area contributed by atoms with Crippen molar-refractivity contribution < 1.29 is 9.53 Å². The molecular weight excluding hydrogens is 222 g/mol. The van der Waals surface area contributed by atoms with Crippen molar-refractivity contribution in [2.75, 3.05) is 12.4 Å². The molecule has 0 saturated heterocycles. The topological polar surface area (TPSA) is 39.2 Å². The average Bonchev–Trinajstić information content (AvgIpc) is 2.27. The van der Waals surface area contributed by atoms with Crippen LogP contribution in [0.3, 0.4) is 0 Å². The molecule has 3 nitrogen and oxygen atoms in total. The number of hydrogen-bond donors (Lipinski definition) is 0. The highest BCUT2D eigenvalue weighted by molar-refractivity contribution is 8.13. The Kier molecular flexibility index (Phi) is 5.44. The largest absolute Gasteiger partial charge is 0.478 e. The molecule has 0 unspecified atom stereocenters. The molecule has 4 heteroatoms. The summed E-state index contributed by atoms with van der Waals surface area (Å²) in [6.07, 6.45) is 1.66. The van der Waals surface area contributed by atoms with Crippen LogP contribution in [-0.4, -0.2) is 22.5 Å². The predicted molar refractivity (Wildman–Crippen MR) is 65.4 cm³/mol. The van der Waals surface area contributed by atoms with Gasteiger partial charge >= 0.3 is 0 Å². The van der Waals surface area contributed by atoms with E-state index in [1.807, 2.05) is 13.0 Å². The molecular formula is C12H13NO2S. The van der Waals surface area contributed by atoms with Crippen molar-refractivity contribution in [1.29, 1.82) is 0 Å². The molecule has 0 aliphatic carbocycles. The van der Waals surface area contributed by atoms with Gasteiger partial charge in [-0.05, 0) is 13.0 Å². The molecule has 0 atom stereocenters. The van der Waals surface area contributed by atoms with Crippen LogP contribution in [0.15, 0.2) is 18.3 Å². The van der Waals surface area contributed by atoms with Gasteiger partial charge in [-0.3, -0.25) is 4.79 Å². The fraction of sp³-hybridized carbons (Fsp3) is 0.333. The van der Waals surface area contributed by atoms with E-state index in [0.29, 0.717) is 18.2 Å². The van der Waals surface area contributed by atoms with Gasteiger partial charge in [0.1, 0.15) is 0 Å². The Morgan fingerprint density at radius 1 is 1.56 bits per heavy atom. The third-order valence-corrected chi connectivity index (χ3v) is 2.30. The summed E-state index contributed by atoms with van der Waals surface area (Å²) in [5.41, 5.74) is 0.826. The van der Waals surface area contributed by atoms with E-state index >= 15 is 0 Å². The van der Waals surface area contributed by atoms with Gasteiger partial charge in [0.15, 0.2) is 5.12 Å². The first-order valence-electron chi connectivity index (χ1n) is 4.93. The summed E-state index contributed by atoms with van der Waals surface area (Å²) in [6.45, 7) is 4.05. The molecule has 0 aliphatic heterocycles. The van der Waals surface area contributed by atoms with Crippen molar-refractivity contribution in [2.24, 2.45) is 0 Å². The SMILES string of the molecule is CCOc1ccc(C#CCSC(C)=O)cn1. The van der Waals surface area contributed by atoms with Gasteiger partial charge in [0.2, 0.25) is 5.88 Å². The number of nitrogens with zero attached hydrogens (tertiary/aromatic N) is 1. The van der Waals surface area contributed by atoms with Gasteiger partial charge in [0, 0.05) is 24.8 Å². The molecule has 84 valence electrons. The Morgan fingerprint density at radius 3 is 2.94 bits per heavy atom. The second-order valence-electron chi connectivity index (χ2n) is 2.90. The fourth-order valence-corrected chi connectivity index (χ4v) is 1.31. The van der Waals surface area contributed by atoms with E-state index in [1.165, 1.54) is 18.7 Å². The second-order valence-corrected chi connectivity index (χ2v) is 4.05. The van der Waals surface area contributed by atoms with Crippen molar-refractivity contribution in [3.8, 4) is 17.7 Å². The van der Waals surface area contributed by atoms with Crippen LogP contribution in [0.1, 0.15) is 19.4 Å². The smallest absolute Gasteiger partial charge is 0.213 e. The van der Waals surface area contributed by atoms with Crippen LogP contribution in [0.2, 0.25) is 0 Å². The second kappa shape index (κ2) is 6.91. The Labute approximate surface area is 99.6 Å². The normalized spacial score (nSPS) is 9.12. The van der Waals surface area contributed by atoms with E-state index in [0.717, 1.165) is 5.56 Å². The summed E-state index contributed by atoms with van der Waals surface area (Å²) in [7, 11) is 0. The molecule has 0 fully saturated rings. The minimum Gasteiger partial charge on any atom is -0.478 e. The zero-order valence-corrected chi connectivity index (χ0v) is 10.1. The standard InChI is InChI=1S/C12H13NO2S/c1-3-15-12-7-6-11(9-13-12)5-4-8-16-10(2)14/h6-7,9H,3,8H2,1-2H3. The number of carbonyl (C=O) groups excluding carboxylic acids is 1. The highest BCUT2D eigenvalue weighted by Gasteiger charge is 1.93. The van der Waals surface area contributed by atoms with Gasteiger partial charge in [-0.1, -0.05) is 23.6 Å². The van der Waals surface area contributed by atoms with Crippen molar-refractivity contribution in [3.05, 3.63) is 23.9 Å². The maximum atomic E-state index is 10.6. The van der Waals surface area contributed by atoms with E-state index < -0.39 is 0 Å². The number of aromatic nitrogens is 1. The Hall–Kier alpha value is -1.47. The number of rotatable bonds is 3. The lowest BCUT2D eigenvalue weighted by Crippen LogP contribution is -1.93. The number of hydrogen-bond acceptors (Lipinski definition) is 4. The molecule has 1 aromatic heterocycles. The van der Waals surface area contributed by atoms with Crippen molar-refractivity contribution in [2.45, 2.75) is 13.8 Å². The lowest BCUT2D eigenvalue weighted by atomic mass is 10.3. The third kappa shape index (κ3) is 4.85. The lowest BCUT2D eigenvalue weighted by molar-refractivity contribution is -0.109. The number of pyridine rings is 1. The van der Waals surface area contributed by atoms with E-state index in [-0.39, 0.29) is 5.12 Å². The minimum absolute atomic E-state index is 0.0825. The summed E-state index contributed by atoms with van der Waals surface area (Å²) in [5, 5.41) is 0.0825. The number of carbonyl (C=O) groups is 1. The predicted octanol–water partition coefficient (Wildman–Crippen LogP) is 2.11. The van der Waals surface area contributed by atoms with Crippen LogP contribution in [0.25, 0.3) is 0 Å². The maximum Gasteiger partial charge on any atom is 0.213 e. The van der Waals surface area contributed by atoms with E-state index in [1.54, 1.807) is 12.3 Å². The highest BCUT2D eigenvalue weighted by Crippen LogP contribution is 2.06. The minimum atomic E-state index is 0.0825. The van der Waals surface area contributed by atoms with Crippen LogP contribution in [0, 0.1) is 11.8 Å². The van der Waals surface area contributed by atoms with E-state index in [2.05, 4.69) is 16.8 Å². The highest BCUT2D eigenvalue weighted by atomic mass is 32.2. The summed E-state index contributed by atoms with van der Waals surface area (Å²) in [4.78, 5) is 14.7. The summed E-state index contributed by atoms with van der Waals surface area (Å²) >= 11 is 1.20. The van der Waals surface area contributed by atoms with Crippen molar-refractivity contribution in [1.82, 2.24) is 4.98 Å². The van der Waals surface area contributed by atoms with Gasteiger partial charge in [-0.2, -0.15) is 0 Å². The molecule has 0 radical (unpaired) electrons. The Bertz CT molecular complexity index is 403. The van der Waals surface area contributed by atoms with Crippen LogP contribution in [0.4, 0.5) is 0 Å². The van der Waals surface area contributed by atoms with Crippen LogP contribution >= 0.6 is 11.8 Å². The van der Waals surface area contributed by atoms with Gasteiger partial charge in [-0.25, -0.2) is 4.98 Å². The quantitative estimate of drug-likeness (QED) is 0.752. The molecule has 0 aliphatic rings. The first kappa shape index (κ1) is 12.6. The fourth-order valence-electron chi connectivity index (χ4n) is 0.963. The lowest BCUT2D eigenvalue weighted by Gasteiger charge is -1.99. The zero-order valence-electron chi connectivity index (χ0n) is 9.32. The maximum absolute atomic E-state index is 10.6. The van der Waals surface area contributed by atoms with Gasteiger partial charge in [-0.15, -0.1) is 0 Å². The van der Waals surface area contributed by atoms with E-state index in [9.17, 15) is 4.79 Å². The molecule has 1 rings (SSSR count). The molecule has 0 amide bonds.